The highest BCUT2D eigenvalue weighted by atomic mass is 16.3. The van der Waals surface area contributed by atoms with Gasteiger partial charge in [-0.05, 0) is 64.0 Å². The standard InChI is InChI=1S/C52H32N4O/c1-2-6-41(7-3-1)52-55-47(31-48(56-52)39-21-14-35(15-22-39)42-25-27-50-44(30-42)43-8-4-5-9-49(43)57-50)38-19-12-34(13-20-38)33-10-17-37(18-11-33)46-26-24-40-23-16-36-28-29-53-32-45(36)51(40)54-46/h1-32H. The maximum absolute atomic E-state index is 6.07. The van der Waals surface area contributed by atoms with E-state index in [9.17, 15) is 0 Å². The normalized spacial score (nSPS) is 11.5. The first kappa shape index (κ1) is 32.7. The van der Waals surface area contributed by atoms with Gasteiger partial charge in [-0.2, -0.15) is 0 Å². The van der Waals surface area contributed by atoms with Gasteiger partial charge in [0.05, 0.1) is 22.6 Å². The Kier molecular flexibility index (Phi) is 7.74. The molecule has 4 aromatic heterocycles. The zero-order valence-electron chi connectivity index (χ0n) is 30.7. The Bertz CT molecular complexity index is 3260. The molecule has 0 N–H and O–H groups in total. The topological polar surface area (TPSA) is 64.7 Å². The van der Waals surface area contributed by atoms with Crippen molar-refractivity contribution in [3.05, 3.63) is 194 Å². The molecule has 0 spiro atoms. The van der Waals surface area contributed by atoms with Gasteiger partial charge in [0, 0.05) is 56.2 Å². The van der Waals surface area contributed by atoms with E-state index in [0.717, 1.165) is 105 Å². The number of nitrogens with zero attached hydrogens (tertiary/aromatic N) is 4. The van der Waals surface area contributed by atoms with Gasteiger partial charge in [-0.3, -0.25) is 4.98 Å². The maximum atomic E-state index is 6.07. The van der Waals surface area contributed by atoms with E-state index < -0.39 is 0 Å². The molecule has 57 heavy (non-hydrogen) atoms. The Morgan fingerprint density at radius 3 is 1.61 bits per heavy atom. The molecule has 0 atom stereocenters. The number of hydrogen-bond donors (Lipinski definition) is 0. The second-order valence-electron chi connectivity index (χ2n) is 14.3. The molecular formula is C52H32N4O. The first-order chi connectivity index (χ1) is 28.2. The molecule has 0 aliphatic heterocycles. The van der Waals surface area contributed by atoms with E-state index in [1.165, 1.54) is 0 Å². The molecule has 11 aromatic rings. The largest absolute Gasteiger partial charge is 0.456 e. The average molecular weight is 729 g/mol. The smallest absolute Gasteiger partial charge is 0.160 e. The second kappa shape index (κ2) is 13.5. The van der Waals surface area contributed by atoms with Gasteiger partial charge in [0.2, 0.25) is 0 Å². The minimum atomic E-state index is 0.690. The first-order valence-electron chi connectivity index (χ1n) is 19.0. The fourth-order valence-electron chi connectivity index (χ4n) is 7.77. The van der Waals surface area contributed by atoms with Gasteiger partial charge in [0.25, 0.3) is 0 Å². The van der Waals surface area contributed by atoms with Gasteiger partial charge in [0.15, 0.2) is 5.82 Å². The predicted molar refractivity (Wildman–Crippen MR) is 233 cm³/mol. The van der Waals surface area contributed by atoms with Gasteiger partial charge < -0.3 is 4.42 Å². The van der Waals surface area contributed by atoms with Gasteiger partial charge in [-0.15, -0.1) is 0 Å². The van der Waals surface area contributed by atoms with Crippen LogP contribution in [0.2, 0.25) is 0 Å². The molecule has 0 unspecified atom stereocenters. The molecule has 0 saturated carbocycles. The first-order valence-corrected chi connectivity index (χ1v) is 19.0. The molecule has 0 aliphatic carbocycles. The summed E-state index contributed by atoms with van der Waals surface area (Å²) in [7, 11) is 0. The summed E-state index contributed by atoms with van der Waals surface area (Å²) < 4.78 is 6.07. The van der Waals surface area contributed by atoms with Crippen molar-refractivity contribution >= 4 is 43.6 Å². The minimum Gasteiger partial charge on any atom is -0.456 e. The molecule has 5 heteroatoms. The highest BCUT2D eigenvalue weighted by Crippen LogP contribution is 2.35. The zero-order chi connectivity index (χ0) is 37.7. The van der Waals surface area contributed by atoms with Crippen molar-refractivity contribution in [2.75, 3.05) is 0 Å². The predicted octanol–water partition coefficient (Wildman–Crippen LogP) is 13.5. The van der Waals surface area contributed by atoms with Crippen molar-refractivity contribution in [3.63, 3.8) is 0 Å². The highest BCUT2D eigenvalue weighted by molar-refractivity contribution is 6.07. The lowest BCUT2D eigenvalue weighted by Crippen LogP contribution is -1.96. The van der Waals surface area contributed by atoms with Crippen molar-refractivity contribution < 1.29 is 4.42 Å². The number of para-hydroxylation sites is 1. The van der Waals surface area contributed by atoms with E-state index in [1.807, 2.05) is 48.8 Å². The molecule has 266 valence electrons. The number of rotatable bonds is 6. The van der Waals surface area contributed by atoms with E-state index in [2.05, 4.69) is 151 Å². The monoisotopic (exact) mass is 728 g/mol. The van der Waals surface area contributed by atoms with Gasteiger partial charge >= 0.3 is 0 Å². The molecule has 0 fully saturated rings. The summed E-state index contributed by atoms with van der Waals surface area (Å²) in [5.41, 5.74) is 14.1. The van der Waals surface area contributed by atoms with E-state index >= 15 is 0 Å². The molecule has 4 heterocycles. The third kappa shape index (κ3) is 5.99. The molecule has 5 nitrogen and oxygen atoms in total. The van der Waals surface area contributed by atoms with Crippen LogP contribution in [0.4, 0.5) is 0 Å². The van der Waals surface area contributed by atoms with Crippen LogP contribution < -0.4 is 0 Å². The van der Waals surface area contributed by atoms with Gasteiger partial charge in [-0.25, -0.2) is 15.0 Å². The Morgan fingerprint density at radius 2 is 0.895 bits per heavy atom. The van der Waals surface area contributed by atoms with Crippen molar-refractivity contribution in [2.24, 2.45) is 0 Å². The van der Waals surface area contributed by atoms with Crippen LogP contribution >= 0.6 is 0 Å². The van der Waals surface area contributed by atoms with Crippen LogP contribution in [0.1, 0.15) is 0 Å². The molecule has 0 bridgehead atoms. The summed E-state index contributed by atoms with van der Waals surface area (Å²) >= 11 is 0. The summed E-state index contributed by atoms with van der Waals surface area (Å²) in [6.07, 6.45) is 3.72. The van der Waals surface area contributed by atoms with Crippen LogP contribution in [-0.2, 0) is 0 Å². The summed E-state index contributed by atoms with van der Waals surface area (Å²) in [5.74, 6) is 0.690. The van der Waals surface area contributed by atoms with Crippen LogP contribution in [0.3, 0.4) is 0 Å². The second-order valence-corrected chi connectivity index (χ2v) is 14.3. The number of furan rings is 1. The maximum Gasteiger partial charge on any atom is 0.160 e. The molecule has 0 saturated heterocycles. The Balaban J connectivity index is 0.896. The van der Waals surface area contributed by atoms with Crippen LogP contribution in [0, 0.1) is 0 Å². The number of aromatic nitrogens is 4. The summed E-state index contributed by atoms with van der Waals surface area (Å²) in [6, 6.07) is 63.2. The molecule has 7 aromatic carbocycles. The lowest BCUT2D eigenvalue weighted by atomic mass is 9.99. The molecular weight excluding hydrogens is 697 g/mol. The number of fused-ring (bicyclic) bond motifs is 6. The minimum absolute atomic E-state index is 0.690. The van der Waals surface area contributed by atoms with Crippen LogP contribution in [-0.4, -0.2) is 19.9 Å². The van der Waals surface area contributed by atoms with Crippen molar-refractivity contribution in [1.29, 1.82) is 0 Å². The van der Waals surface area contributed by atoms with Crippen LogP contribution in [0.25, 0.3) is 111 Å². The van der Waals surface area contributed by atoms with E-state index in [0.29, 0.717) is 5.82 Å². The lowest BCUT2D eigenvalue weighted by molar-refractivity contribution is 0.669. The van der Waals surface area contributed by atoms with Crippen molar-refractivity contribution in [3.8, 4) is 67.4 Å². The Morgan fingerprint density at radius 1 is 0.333 bits per heavy atom. The number of benzene rings is 7. The third-order valence-electron chi connectivity index (χ3n) is 10.8. The summed E-state index contributed by atoms with van der Waals surface area (Å²) in [4.78, 5) is 19.5. The van der Waals surface area contributed by atoms with Crippen molar-refractivity contribution in [1.82, 2.24) is 19.9 Å². The number of pyridine rings is 2. The molecule has 0 aliphatic rings. The van der Waals surface area contributed by atoms with E-state index in [4.69, 9.17) is 19.4 Å². The third-order valence-corrected chi connectivity index (χ3v) is 10.8. The van der Waals surface area contributed by atoms with E-state index in [1.54, 1.807) is 0 Å². The summed E-state index contributed by atoms with van der Waals surface area (Å²) in [5, 5.41) is 5.55. The number of hydrogen-bond acceptors (Lipinski definition) is 5. The van der Waals surface area contributed by atoms with Crippen LogP contribution in [0.5, 0.6) is 0 Å². The SMILES string of the molecule is c1ccc(-c2nc(-c3ccc(-c4ccc(-c5ccc6ccc7ccncc7c6n5)cc4)cc3)cc(-c3ccc(-c4ccc5oc6ccccc6c5c4)cc3)n2)cc1. The molecule has 11 rings (SSSR count). The fourth-order valence-corrected chi connectivity index (χ4v) is 7.77. The quantitative estimate of drug-likeness (QED) is 0.160. The zero-order valence-corrected chi connectivity index (χ0v) is 30.7. The van der Waals surface area contributed by atoms with Gasteiger partial charge in [0.1, 0.15) is 11.2 Å². The Hall–Kier alpha value is -7.76. The van der Waals surface area contributed by atoms with Crippen LogP contribution in [0.15, 0.2) is 199 Å². The molecule has 0 amide bonds. The molecule has 0 radical (unpaired) electrons. The summed E-state index contributed by atoms with van der Waals surface area (Å²) in [6.45, 7) is 0. The highest BCUT2D eigenvalue weighted by Gasteiger charge is 2.13. The van der Waals surface area contributed by atoms with E-state index in [-0.39, 0.29) is 0 Å². The average Bonchev–Trinajstić information content (AvgIpc) is 3.67. The Labute approximate surface area is 328 Å². The lowest BCUT2D eigenvalue weighted by Gasteiger charge is -2.11. The van der Waals surface area contributed by atoms with Gasteiger partial charge in [-0.1, -0.05) is 146 Å². The van der Waals surface area contributed by atoms with Crippen molar-refractivity contribution in [2.45, 2.75) is 0 Å². The fraction of sp³-hybridized carbons (Fsp3) is 0.